The van der Waals surface area contributed by atoms with Gasteiger partial charge in [0.05, 0.1) is 0 Å². The number of allylic oxidation sites excluding steroid dienone is 1. The quantitative estimate of drug-likeness (QED) is 0.589. The van der Waals surface area contributed by atoms with Gasteiger partial charge < -0.3 is 4.42 Å². The van der Waals surface area contributed by atoms with Crippen LogP contribution in [0.25, 0.3) is 6.08 Å². The Morgan fingerprint density at radius 3 is 3.00 bits per heavy atom. The second-order valence-corrected chi connectivity index (χ2v) is 5.48. The highest BCUT2D eigenvalue weighted by atomic mass is 79.9. The molecule has 1 heterocycles. The molecule has 0 saturated carbocycles. The normalized spacial score (nSPS) is 17.3. The van der Waals surface area contributed by atoms with Crippen LogP contribution < -0.4 is 0 Å². The van der Waals surface area contributed by atoms with Gasteiger partial charge in [0.15, 0.2) is 12.2 Å². The zero-order valence-electron chi connectivity index (χ0n) is 10.2. The van der Waals surface area contributed by atoms with E-state index in [9.17, 15) is 4.79 Å². The van der Waals surface area contributed by atoms with Gasteiger partial charge in [0.25, 0.3) is 0 Å². The molecule has 4 heteroatoms. The number of nitrogens with zero attached hydrogens (tertiary/aromatic N) is 1. The van der Waals surface area contributed by atoms with Gasteiger partial charge in [-0.3, -0.25) is 4.79 Å². The third kappa shape index (κ3) is 2.54. The summed E-state index contributed by atoms with van der Waals surface area (Å²) in [5.74, 6) is 0.100. The van der Waals surface area contributed by atoms with Crippen LogP contribution in [0.1, 0.15) is 34.5 Å². The second kappa shape index (κ2) is 5.13. The summed E-state index contributed by atoms with van der Waals surface area (Å²) in [6.45, 7) is 0. The number of aryl methyl sites for hydroxylation is 1. The molecule has 1 aliphatic rings. The molecule has 0 bridgehead atoms. The Labute approximate surface area is 119 Å². The van der Waals surface area contributed by atoms with Gasteiger partial charge in [-0.15, -0.1) is 0 Å². The Kier molecular flexibility index (Phi) is 3.34. The number of fused-ring (bicyclic) bond motifs is 1. The summed E-state index contributed by atoms with van der Waals surface area (Å²) in [4.78, 5) is 16.6. The number of carbonyl (C=O) groups is 1. The highest BCUT2D eigenvalue weighted by Crippen LogP contribution is 2.27. The van der Waals surface area contributed by atoms with Gasteiger partial charge >= 0.3 is 0 Å². The summed E-state index contributed by atoms with van der Waals surface area (Å²) in [5, 5.41) is 0. The van der Waals surface area contributed by atoms with Crippen molar-refractivity contribution in [1.29, 1.82) is 0 Å². The van der Waals surface area contributed by atoms with Crippen molar-refractivity contribution in [1.82, 2.24) is 4.98 Å². The molecule has 1 aromatic heterocycles. The molecule has 0 radical (unpaired) electrons. The fourth-order valence-corrected chi connectivity index (χ4v) is 2.76. The third-order valence-electron chi connectivity index (χ3n) is 3.27. The first kappa shape index (κ1) is 12.4. The molecule has 0 unspecified atom stereocenters. The van der Waals surface area contributed by atoms with E-state index >= 15 is 0 Å². The van der Waals surface area contributed by atoms with Crippen molar-refractivity contribution in [2.24, 2.45) is 0 Å². The molecule has 0 N–H and O–H groups in total. The zero-order valence-corrected chi connectivity index (χ0v) is 11.8. The Morgan fingerprint density at radius 1 is 1.32 bits per heavy atom. The van der Waals surface area contributed by atoms with Crippen LogP contribution in [-0.2, 0) is 6.42 Å². The Balaban J connectivity index is 2.02. The van der Waals surface area contributed by atoms with Crippen LogP contribution in [-0.4, -0.2) is 10.8 Å². The maximum atomic E-state index is 12.5. The second-order valence-electron chi connectivity index (χ2n) is 4.57. The molecule has 0 saturated heterocycles. The smallest absolute Gasteiger partial charge is 0.189 e. The summed E-state index contributed by atoms with van der Waals surface area (Å²) in [6.07, 6.45) is 7.42. The SMILES string of the molecule is O=C1C(=Cc2cocn2)CCCc2cc(Br)ccc21. The van der Waals surface area contributed by atoms with Crippen molar-refractivity contribution >= 4 is 27.8 Å². The van der Waals surface area contributed by atoms with Crippen molar-refractivity contribution in [3.05, 3.63) is 57.7 Å². The zero-order chi connectivity index (χ0) is 13.2. The average molecular weight is 318 g/mol. The van der Waals surface area contributed by atoms with E-state index in [1.807, 2.05) is 24.3 Å². The lowest BCUT2D eigenvalue weighted by Crippen LogP contribution is -2.03. The number of hydrogen-bond donors (Lipinski definition) is 0. The summed E-state index contributed by atoms with van der Waals surface area (Å²) in [6, 6.07) is 5.84. The maximum absolute atomic E-state index is 12.5. The van der Waals surface area contributed by atoms with E-state index in [0.29, 0.717) is 5.69 Å². The monoisotopic (exact) mass is 317 g/mol. The minimum atomic E-state index is 0.100. The molecule has 3 rings (SSSR count). The first-order valence-corrected chi connectivity index (χ1v) is 6.95. The van der Waals surface area contributed by atoms with Gasteiger partial charge in [0.2, 0.25) is 0 Å². The van der Waals surface area contributed by atoms with Crippen molar-refractivity contribution in [3.63, 3.8) is 0 Å². The molecule has 19 heavy (non-hydrogen) atoms. The van der Waals surface area contributed by atoms with Crippen molar-refractivity contribution in [2.45, 2.75) is 19.3 Å². The summed E-state index contributed by atoms with van der Waals surface area (Å²) < 4.78 is 5.95. The van der Waals surface area contributed by atoms with Crippen molar-refractivity contribution in [3.8, 4) is 0 Å². The fourth-order valence-electron chi connectivity index (χ4n) is 2.36. The highest BCUT2D eigenvalue weighted by molar-refractivity contribution is 9.10. The number of carbonyl (C=O) groups excluding carboxylic acids is 1. The van der Waals surface area contributed by atoms with Gasteiger partial charge in [-0.1, -0.05) is 15.9 Å². The Bertz CT molecular complexity index is 644. The highest BCUT2D eigenvalue weighted by Gasteiger charge is 2.20. The molecule has 0 atom stereocenters. The van der Waals surface area contributed by atoms with E-state index in [2.05, 4.69) is 20.9 Å². The van der Waals surface area contributed by atoms with Crippen molar-refractivity contribution in [2.75, 3.05) is 0 Å². The molecule has 1 aliphatic carbocycles. The number of hydrogen-bond acceptors (Lipinski definition) is 3. The van der Waals surface area contributed by atoms with Crippen molar-refractivity contribution < 1.29 is 9.21 Å². The number of aromatic nitrogens is 1. The lowest BCUT2D eigenvalue weighted by atomic mass is 9.99. The van der Waals surface area contributed by atoms with E-state index in [1.165, 1.54) is 6.39 Å². The summed E-state index contributed by atoms with van der Waals surface area (Å²) in [5.41, 5.74) is 3.41. The van der Waals surface area contributed by atoms with Gasteiger partial charge in [-0.2, -0.15) is 0 Å². The minimum absolute atomic E-state index is 0.100. The van der Waals surface area contributed by atoms with Crippen LogP contribution in [0.5, 0.6) is 0 Å². The molecule has 0 spiro atoms. The first-order chi connectivity index (χ1) is 9.24. The predicted octanol–water partition coefficient (Wildman–Crippen LogP) is 4.04. The molecule has 1 aromatic carbocycles. The molecule has 0 aliphatic heterocycles. The van der Waals surface area contributed by atoms with Crippen LogP contribution in [0.4, 0.5) is 0 Å². The van der Waals surface area contributed by atoms with E-state index in [4.69, 9.17) is 4.42 Å². The lowest BCUT2D eigenvalue weighted by molar-refractivity contribution is 0.103. The van der Waals surface area contributed by atoms with E-state index < -0.39 is 0 Å². The third-order valence-corrected chi connectivity index (χ3v) is 3.76. The van der Waals surface area contributed by atoms with Crippen LogP contribution in [0, 0.1) is 0 Å². The largest absolute Gasteiger partial charge is 0.451 e. The van der Waals surface area contributed by atoms with Crippen LogP contribution in [0.3, 0.4) is 0 Å². The van der Waals surface area contributed by atoms with Gasteiger partial charge in [0, 0.05) is 15.6 Å². The number of oxazole rings is 1. The molecule has 2 aromatic rings. The molecule has 0 amide bonds. The minimum Gasteiger partial charge on any atom is -0.451 e. The summed E-state index contributed by atoms with van der Waals surface area (Å²) in [7, 11) is 0. The molecule has 96 valence electrons. The Morgan fingerprint density at radius 2 is 2.21 bits per heavy atom. The van der Waals surface area contributed by atoms with Crippen LogP contribution >= 0.6 is 15.9 Å². The lowest BCUT2D eigenvalue weighted by Gasteiger charge is -2.05. The number of Topliss-reactive ketones (excluding diaryl/α,β-unsaturated/α-hetero) is 1. The maximum Gasteiger partial charge on any atom is 0.189 e. The molecular weight excluding hydrogens is 306 g/mol. The fraction of sp³-hybridized carbons (Fsp3) is 0.200. The Hall–Kier alpha value is -1.68. The van der Waals surface area contributed by atoms with E-state index in [0.717, 1.165) is 40.4 Å². The molecule has 3 nitrogen and oxygen atoms in total. The number of halogens is 1. The van der Waals surface area contributed by atoms with Gasteiger partial charge in [-0.25, -0.2) is 4.98 Å². The number of ketones is 1. The number of benzene rings is 1. The molecule has 0 fully saturated rings. The van der Waals surface area contributed by atoms with Gasteiger partial charge in [-0.05, 0) is 49.1 Å². The number of rotatable bonds is 1. The first-order valence-electron chi connectivity index (χ1n) is 6.16. The van der Waals surface area contributed by atoms with Gasteiger partial charge in [0.1, 0.15) is 12.0 Å². The molecular formula is C15H12BrNO2. The van der Waals surface area contributed by atoms with E-state index in [-0.39, 0.29) is 5.78 Å². The van der Waals surface area contributed by atoms with E-state index in [1.54, 1.807) is 6.26 Å². The van der Waals surface area contributed by atoms with Crippen LogP contribution in [0.15, 0.2) is 45.3 Å². The topological polar surface area (TPSA) is 43.1 Å². The standard InChI is InChI=1S/C15H12BrNO2/c16-12-4-5-14-10(6-12)2-1-3-11(15(14)18)7-13-8-19-9-17-13/h4-9H,1-3H2. The average Bonchev–Trinajstić information content (AvgIpc) is 2.85. The predicted molar refractivity (Wildman–Crippen MR) is 75.9 cm³/mol. The summed E-state index contributed by atoms with van der Waals surface area (Å²) >= 11 is 3.45. The van der Waals surface area contributed by atoms with Crippen LogP contribution in [0.2, 0.25) is 0 Å².